The van der Waals surface area contributed by atoms with Crippen molar-refractivity contribution < 1.29 is 23.1 Å². The Balaban J connectivity index is 1.84. The molecule has 9 heteroatoms. The van der Waals surface area contributed by atoms with Gasteiger partial charge in [0.15, 0.2) is 0 Å². The van der Waals surface area contributed by atoms with E-state index in [1.54, 1.807) is 24.5 Å². The number of nitrogens with zero attached hydrogens (tertiary/aromatic N) is 3. The second-order valence-electron chi connectivity index (χ2n) is 5.67. The first-order valence-corrected chi connectivity index (χ1v) is 8.85. The minimum atomic E-state index is -3.66. The Morgan fingerprint density at radius 2 is 1.83 bits per heavy atom. The van der Waals surface area contributed by atoms with Crippen molar-refractivity contribution in [3.63, 3.8) is 0 Å². The molecule has 2 atom stereocenters. The van der Waals surface area contributed by atoms with Crippen molar-refractivity contribution in [3.05, 3.63) is 30.1 Å². The lowest BCUT2D eigenvalue weighted by Gasteiger charge is -2.30. The minimum Gasteiger partial charge on any atom is -0.481 e. The van der Waals surface area contributed by atoms with E-state index in [0.717, 1.165) is 5.56 Å². The van der Waals surface area contributed by atoms with Crippen molar-refractivity contribution in [3.8, 4) is 0 Å². The van der Waals surface area contributed by atoms with E-state index in [9.17, 15) is 18.3 Å². The molecule has 2 saturated heterocycles. The molecule has 0 amide bonds. The van der Waals surface area contributed by atoms with Crippen LogP contribution in [0.1, 0.15) is 11.5 Å². The minimum absolute atomic E-state index is 0.0119. The Morgan fingerprint density at radius 1 is 1.17 bits per heavy atom. The van der Waals surface area contributed by atoms with E-state index in [2.05, 4.69) is 4.98 Å². The number of hydrogen-bond acceptors (Lipinski definition) is 5. The fourth-order valence-electron chi connectivity index (χ4n) is 3.10. The van der Waals surface area contributed by atoms with Crippen LogP contribution in [0.4, 0.5) is 0 Å². The van der Waals surface area contributed by atoms with E-state index in [1.165, 1.54) is 8.61 Å². The third kappa shape index (κ3) is 3.23. The van der Waals surface area contributed by atoms with Gasteiger partial charge >= 0.3 is 5.97 Å². The van der Waals surface area contributed by atoms with Gasteiger partial charge in [-0.25, -0.2) is 0 Å². The maximum atomic E-state index is 12.7. The number of aliphatic carboxylic acids is 1. The third-order valence-corrected chi connectivity index (χ3v) is 6.33. The van der Waals surface area contributed by atoms with Crippen LogP contribution in [-0.2, 0) is 19.7 Å². The molecule has 23 heavy (non-hydrogen) atoms. The summed E-state index contributed by atoms with van der Waals surface area (Å²) in [6, 6.07) is 3.48. The van der Waals surface area contributed by atoms with Gasteiger partial charge in [0, 0.05) is 44.5 Å². The molecule has 1 aromatic rings. The zero-order valence-electron chi connectivity index (χ0n) is 12.5. The van der Waals surface area contributed by atoms with E-state index < -0.39 is 22.1 Å². The molecule has 3 rings (SSSR count). The van der Waals surface area contributed by atoms with E-state index in [-0.39, 0.29) is 19.0 Å². The van der Waals surface area contributed by atoms with Crippen LogP contribution in [0.25, 0.3) is 0 Å². The van der Waals surface area contributed by atoms with Gasteiger partial charge in [0.05, 0.1) is 19.1 Å². The Kier molecular flexibility index (Phi) is 4.62. The Morgan fingerprint density at radius 3 is 2.43 bits per heavy atom. The van der Waals surface area contributed by atoms with Crippen molar-refractivity contribution in [2.24, 2.45) is 5.92 Å². The van der Waals surface area contributed by atoms with Gasteiger partial charge in [-0.1, -0.05) is 0 Å². The first-order chi connectivity index (χ1) is 11.0. The molecule has 1 aromatic heterocycles. The number of pyridine rings is 1. The van der Waals surface area contributed by atoms with Crippen molar-refractivity contribution in [1.82, 2.24) is 13.6 Å². The third-order valence-electron chi connectivity index (χ3n) is 4.36. The SMILES string of the molecule is O=C(O)[C@@H]1CN(S(=O)(=O)N2CCOCC2)C[C@H]1c1ccncc1. The zero-order chi connectivity index (χ0) is 16.4. The highest BCUT2D eigenvalue weighted by Gasteiger charge is 2.45. The average molecular weight is 341 g/mol. The van der Waals surface area contributed by atoms with Crippen LogP contribution in [0.5, 0.6) is 0 Å². The molecular weight excluding hydrogens is 322 g/mol. The molecule has 3 heterocycles. The standard InChI is InChI=1S/C14H19N3O5S/c18-14(19)13-10-17(9-12(13)11-1-3-15-4-2-11)23(20,21)16-5-7-22-8-6-16/h1-4,12-13H,5-10H2,(H,18,19)/t12-,13+/m0/s1. The number of carbonyl (C=O) groups is 1. The lowest BCUT2D eigenvalue weighted by molar-refractivity contribution is -0.141. The summed E-state index contributed by atoms with van der Waals surface area (Å²) in [4.78, 5) is 15.5. The highest BCUT2D eigenvalue weighted by atomic mass is 32.2. The molecule has 2 aliphatic rings. The molecule has 2 aliphatic heterocycles. The monoisotopic (exact) mass is 341 g/mol. The first kappa shape index (κ1) is 16.3. The smallest absolute Gasteiger partial charge is 0.308 e. The van der Waals surface area contributed by atoms with Gasteiger partial charge < -0.3 is 9.84 Å². The molecular formula is C14H19N3O5S. The molecule has 0 radical (unpaired) electrons. The second-order valence-corrected chi connectivity index (χ2v) is 7.60. The summed E-state index contributed by atoms with van der Waals surface area (Å²) in [6.45, 7) is 1.49. The molecule has 1 N–H and O–H groups in total. The lowest BCUT2D eigenvalue weighted by Crippen LogP contribution is -2.48. The van der Waals surface area contributed by atoms with Gasteiger partial charge in [-0.15, -0.1) is 0 Å². The van der Waals surface area contributed by atoms with Crippen molar-refractivity contribution in [1.29, 1.82) is 0 Å². The molecule has 0 spiro atoms. The number of hydrogen-bond donors (Lipinski definition) is 1. The Labute approximate surface area is 134 Å². The summed E-state index contributed by atoms with van der Waals surface area (Å²) < 4.78 is 33.3. The fraction of sp³-hybridized carbons (Fsp3) is 0.571. The van der Waals surface area contributed by atoms with Gasteiger partial charge in [-0.05, 0) is 17.7 Å². The van der Waals surface area contributed by atoms with Crippen LogP contribution in [0.2, 0.25) is 0 Å². The van der Waals surface area contributed by atoms with E-state index >= 15 is 0 Å². The zero-order valence-corrected chi connectivity index (χ0v) is 13.4. The fourth-order valence-corrected chi connectivity index (χ4v) is 4.73. The van der Waals surface area contributed by atoms with Crippen molar-refractivity contribution in [2.45, 2.75) is 5.92 Å². The number of ether oxygens (including phenoxy) is 1. The van der Waals surface area contributed by atoms with Crippen molar-refractivity contribution >= 4 is 16.2 Å². The van der Waals surface area contributed by atoms with Crippen LogP contribution in [0.3, 0.4) is 0 Å². The normalized spacial score (nSPS) is 27.1. The summed E-state index contributed by atoms with van der Waals surface area (Å²) in [5, 5.41) is 9.47. The topological polar surface area (TPSA) is 100 Å². The predicted molar refractivity (Wildman–Crippen MR) is 81.0 cm³/mol. The lowest BCUT2D eigenvalue weighted by atomic mass is 9.90. The van der Waals surface area contributed by atoms with E-state index in [4.69, 9.17) is 4.74 Å². The predicted octanol–water partition coefficient (Wildman–Crippen LogP) is -0.241. The number of morpholine rings is 1. The molecule has 8 nitrogen and oxygen atoms in total. The summed E-state index contributed by atoms with van der Waals surface area (Å²) in [6.07, 6.45) is 3.18. The van der Waals surface area contributed by atoms with Crippen LogP contribution in [0.15, 0.2) is 24.5 Å². The summed E-state index contributed by atoms with van der Waals surface area (Å²) >= 11 is 0. The summed E-state index contributed by atoms with van der Waals surface area (Å²) in [5.74, 6) is -2.11. The van der Waals surface area contributed by atoms with Gasteiger partial charge in [0.1, 0.15) is 0 Å². The molecule has 0 aliphatic carbocycles. The number of carboxylic acids is 1. The molecule has 0 bridgehead atoms. The quantitative estimate of drug-likeness (QED) is 0.811. The maximum Gasteiger partial charge on any atom is 0.308 e. The molecule has 0 aromatic carbocycles. The van der Waals surface area contributed by atoms with Gasteiger partial charge in [0.25, 0.3) is 10.2 Å². The van der Waals surface area contributed by atoms with E-state index in [1.807, 2.05) is 0 Å². The second kappa shape index (κ2) is 6.52. The highest BCUT2D eigenvalue weighted by Crippen LogP contribution is 2.34. The van der Waals surface area contributed by atoms with Crippen LogP contribution in [-0.4, -0.2) is 72.5 Å². The number of aromatic nitrogens is 1. The molecule has 0 unspecified atom stereocenters. The average Bonchev–Trinajstić information content (AvgIpc) is 3.03. The Bertz CT molecular complexity index is 660. The number of rotatable bonds is 4. The summed E-state index contributed by atoms with van der Waals surface area (Å²) in [7, 11) is -3.66. The first-order valence-electron chi connectivity index (χ1n) is 7.46. The Hall–Kier alpha value is -1.55. The maximum absolute atomic E-state index is 12.7. The largest absolute Gasteiger partial charge is 0.481 e. The van der Waals surface area contributed by atoms with Crippen LogP contribution in [0, 0.1) is 5.92 Å². The van der Waals surface area contributed by atoms with Gasteiger partial charge in [-0.3, -0.25) is 9.78 Å². The van der Waals surface area contributed by atoms with Gasteiger partial charge in [0.2, 0.25) is 0 Å². The molecule has 0 saturated carbocycles. The highest BCUT2D eigenvalue weighted by molar-refractivity contribution is 7.86. The number of carboxylic acid groups (broad SMARTS) is 1. The van der Waals surface area contributed by atoms with Crippen LogP contribution >= 0.6 is 0 Å². The van der Waals surface area contributed by atoms with E-state index in [0.29, 0.717) is 26.3 Å². The van der Waals surface area contributed by atoms with Crippen molar-refractivity contribution in [2.75, 3.05) is 39.4 Å². The molecule has 126 valence electrons. The summed E-state index contributed by atoms with van der Waals surface area (Å²) in [5.41, 5.74) is 0.798. The van der Waals surface area contributed by atoms with Gasteiger partial charge in [-0.2, -0.15) is 17.0 Å². The van der Waals surface area contributed by atoms with Crippen LogP contribution < -0.4 is 0 Å². The molecule has 2 fully saturated rings.